The highest BCUT2D eigenvalue weighted by Crippen LogP contribution is 2.14. The number of aldehydes is 1. The largest absolute Gasteiger partial charge is 0.481 e. The second kappa shape index (κ2) is 6.65. The van der Waals surface area contributed by atoms with E-state index in [-0.39, 0.29) is 13.0 Å². The predicted molar refractivity (Wildman–Crippen MR) is 63.1 cm³/mol. The van der Waals surface area contributed by atoms with Crippen molar-refractivity contribution < 1.29 is 19.8 Å². The van der Waals surface area contributed by atoms with Gasteiger partial charge in [0.1, 0.15) is 6.29 Å². The fraction of sp³-hybridized carbons (Fsp3) is 0.333. The van der Waals surface area contributed by atoms with Gasteiger partial charge in [-0.3, -0.25) is 9.59 Å². The number of hydrogen-bond donors (Lipinski definition) is 3. The number of rotatable bonds is 7. The minimum Gasteiger partial charge on any atom is -0.481 e. The molecule has 0 bridgehead atoms. The molecule has 92 valence electrons. The van der Waals surface area contributed by atoms with E-state index < -0.39 is 5.97 Å². The molecule has 0 aliphatic carbocycles. The average molecular weight is 237 g/mol. The summed E-state index contributed by atoms with van der Waals surface area (Å²) in [5, 5.41) is 20.5. The Morgan fingerprint density at radius 1 is 1.41 bits per heavy atom. The Morgan fingerprint density at radius 2 is 2.18 bits per heavy atom. The van der Waals surface area contributed by atoms with Crippen molar-refractivity contribution in [3.8, 4) is 0 Å². The number of hydrogen-bond acceptors (Lipinski definition) is 4. The highest BCUT2D eigenvalue weighted by Gasteiger charge is 2.02. The van der Waals surface area contributed by atoms with Crippen molar-refractivity contribution in [2.24, 2.45) is 0 Å². The van der Waals surface area contributed by atoms with Crippen LogP contribution >= 0.6 is 0 Å². The van der Waals surface area contributed by atoms with E-state index in [1.54, 1.807) is 18.2 Å². The van der Waals surface area contributed by atoms with Crippen LogP contribution in [0.3, 0.4) is 0 Å². The van der Waals surface area contributed by atoms with Gasteiger partial charge in [0.15, 0.2) is 0 Å². The third-order valence-electron chi connectivity index (χ3n) is 2.34. The van der Waals surface area contributed by atoms with Crippen molar-refractivity contribution in [1.82, 2.24) is 0 Å². The first kappa shape index (κ1) is 13.2. The average Bonchev–Trinajstić information content (AvgIpc) is 2.34. The Kier molecular flexibility index (Phi) is 5.16. The van der Waals surface area contributed by atoms with E-state index in [4.69, 9.17) is 10.2 Å². The van der Waals surface area contributed by atoms with E-state index in [1.165, 1.54) is 0 Å². The molecule has 0 atom stereocenters. The molecule has 0 saturated heterocycles. The molecular weight excluding hydrogens is 222 g/mol. The molecule has 0 fully saturated rings. The molecule has 1 aromatic rings. The standard InChI is InChI=1S/C12H15NO4/c14-7-9-3-4-11(6-10(9)8-15)13-5-1-2-12(16)17/h3-4,6,8,13-14H,1-2,5,7H2,(H,16,17). The molecule has 1 aromatic carbocycles. The third-order valence-corrected chi connectivity index (χ3v) is 2.34. The molecule has 0 aromatic heterocycles. The second-order valence-electron chi connectivity index (χ2n) is 3.61. The maximum atomic E-state index is 10.7. The molecule has 0 unspecified atom stereocenters. The zero-order chi connectivity index (χ0) is 12.7. The maximum Gasteiger partial charge on any atom is 0.303 e. The van der Waals surface area contributed by atoms with Crippen LogP contribution in [-0.2, 0) is 11.4 Å². The molecule has 0 saturated carbocycles. The number of benzene rings is 1. The first-order valence-corrected chi connectivity index (χ1v) is 5.32. The van der Waals surface area contributed by atoms with Gasteiger partial charge in [-0.1, -0.05) is 6.07 Å². The summed E-state index contributed by atoms with van der Waals surface area (Å²) in [4.78, 5) is 21.0. The van der Waals surface area contributed by atoms with Gasteiger partial charge in [-0.15, -0.1) is 0 Å². The summed E-state index contributed by atoms with van der Waals surface area (Å²) in [6, 6.07) is 5.06. The Labute approximate surface area is 99.1 Å². The van der Waals surface area contributed by atoms with Gasteiger partial charge in [0.05, 0.1) is 6.61 Å². The lowest BCUT2D eigenvalue weighted by Gasteiger charge is -2.08. The summed E-state index contributed by atoms with van der Waals surface area (Å²) < 4.78 is 0. The molecule has 3 N–H and O–H groups in total. The van der Waals surface area contributed by atoms with Crippen molar-refractivity contribution in [3.05, 3.63) is 29.3 Å². The van der Waals surface area contributed by atoms with Gasteiger partial charge in [-0.2, -0.15) is 0 Å². The summed E-state index contributed by atoms with van der Waals surface area (Å²) in [5.41, 5.74) is 1.77. The lowest BCUT2D eigenvalue weighted by molar-refractivity contribution is -0.137. The predicted octanol–water partition coefficient (Wildman–Crippen LogP) is 1.27. The number of carboxylic acids is 1. The zero-order valence-corrected chi connectivity index (χ0v) is 9.35. The van der Waals surface area contributed by atoms with Crippen molar-refractivity contribution in [2.75, 3.05) is 11.9 Å². The Bertz CT molecular complexity index is 403. The lowest BCUT2D eigenvalue weighted by atomic mass is 10.1. The van der Waals surface area contributed by atoms with Crippen LogP contribution in [0, 0.1) is 0 Å². The molecule has 0 spiro atoms. The molecule has 0 aliphatic heterocycles. The normalized spacial score (nSPS) is 9.94. The van der Waals surface area contributed by atoms with Crippen LogP contribution in [0.15, 0.2) is 18.2 Å². The van der Waals surface area contributed by atoms with E-state index in [0.717, 1.165) is 5.69 Å². The first-order chi connectivity index (χ1) is 8.17. The quantitative estimate of drug-likeness (QED) is 0.491. The Morgan fingerprint density at radius 3 is 2.76 bits per heavy atom. The summed E-state index contributed by atoms with van der Waals surface area (Å²) in [6.07, 6.45) is 1.32. The number of carboxylic acid groups (broad SMARTS) is 1. The topological polar surface area (TPSA) is 86.6 Å². The number of aliphatic hydroxyl groups excluding tert-OH is 1. The minimum atomic E-state index is -0.823. The van der Waals surface area contributed by atoms with Gasteiger partial charge in [0.25, 0.3) is 0 Å². The van der Waals surface area contributed by atoms with Crippen LogP contribution in [0.25, 0.3) is 0 Å². The number of anilines is 1. The maximum absolute atomic E-state index is 10.7. The van der Waals surface area contributed by atoms with Gasteiger partial charge in [-0.05, 0) is 24.1 Å². The van der Waals surface area contributed by atoms with Crippen molar-refractivity contribution in [3.63, 3.8) is 0 Å². The van der Waals surface area contributed by atoms with Crippen LogP contribution in [0.4, 0.5) is 5.69 Å². The number of carbonyl (C=O) groups excluding carboxylic acids is 1. The highest BCUT2D eigenvalue weighted by molar-refractivity contribution is 5.79. The number of carbonyl (C=O) groups is 2. The van der Waals surface area contributed by atoms with Crippen LogP contribution in [0.1, 0.15) is 28.8 Å². The van der Waals surface area contributed by atoms with E-state index in [1.807, 2.05) is 0 Å². The zero-order valence-electron chi connectivity index (χ0n) is 9.35. The SMILES string of the molecule is O=Cc1cc(NCCCC(=O)O)ccc1CO. The molecule has 1 rings (SSSR count). The van der Waals surface area contributed by atoms with Gasteiger partial charge in [0.2, 0.25) is 0 Å². The highest BCUT2D eigenvalue weighted by atomic mass is 16.4. The molecule has 5 nitrogen and oxygen atoms in total. The molecule has 0 aliphatic rings. The third kappa shape index (κ3) is 4.24. The van der Waals surface area contributed by atoms with Crippen molar-refractivity contribution in [2.45, 2.75) is 19.4 Å². The number of aliphatic carboxylic acids is 1. The van der Waals surface area contributed by atoms with Crippen molar-refractivity contribution >= 4 is 17.9 Å². The van der Waals surface area contributed by atoms with Crippen LogP contribution in [0.5, 0.6) is 0 Å². The minimum absolute atomic E-state index is 0.113. The van der Waals surface area contributed by atoms with Crippen LogP contribution in [-0.4, -0.2) is 29.0 Å². The summed E-state index contributed by atoms with van der Waals surface area (Å²) in [6.45, 7) is 0.358. The van der Waals surface area contributed by atoms with Gasteiger partial charge in [-0.25, -0.2) is 0 Å². The van der Waals surface area contributed by atoms with Gasteiger partial charge >= 0.3 is 5.97 Å². The Balaban J connectivity index is 2.54. The molecule has 0 amide bonds. The summed E-state index contributed by atoms with van der Waals surface area (Å²) in [7, 11) is 0. The summed E-state index contributed by atoms with van der Waals surface area (Å²) >= 11 is 0. The second-order valence-corrected chi connectivity index (χ2v) is 3.61. The van der Waals surface area contributed by atoms with Crippen LogP contribution < -0.4 is 5.32 Å². The fourth-order valence-electron chi connectivity index (χ4n) is 1.43. The molecule has 5 heteroatoms. The lowest BCUT2D eigenvalue weighted by Crippen LogP contribution is -2.05. The van der Waals surface area contributed by atoms with Gasteiger partial charge < -0.3 is 15.5 Å². The smallest absolute Gasteiger partial charge is 0.303 e. The number of nitrogens with one attached hydrogen (secondary N) is 1. The first-order valence-electron chi connectivity index (χ1n) is 5.32. The monoisotopic (exact) mass is 237 g/mol. The van der Waals surface area contributed by atoms with E-state index in [0.29, 0.717) is 30.4 Å². The Hall–Kier alpha value is -1.88. The van der Waals surface area contributed by atoms with Crippen molar-refractivity contribution in [1.29, 1.82) is 0 Å². The summed E-state index contributed by atoms with van der Waals surface area (Å²) in [5.74, 6) is -0.823. The van der Waals surface area contributed by atoms with Gasteiger partial charge in [0, 0.05) is 24.2 Å². The van der Waals surface area contributed by atoms with E-state index >= 15 is 0 Å². The molecular formula is C12H15NO4. The molecule has 0 radical (unpaired) electrons. The fourth-order valence-corrected chi connectivity index (χ4v) is 1.43. The van der Waals surface area contributed by atoms with E-state index in [9.17, 15) is 9.59 Å². The van der Waals surface area contributed by atoms with Crippen LogP contribution in [0.2, 0.25) is 0 Å². The molecule has 17 heavy (non-hydrogen) atoms. The number of aliphatic hydroxyl groups is 1. The molecule has 0 heterocycles. The van der Waals surface area contributed by atoms with E-state index in [2.05, 4.69) is 5.32 Å².